The third-order valence-electron chi connectivity index (χ3n) is 5.40. The van der Waals surface area contributed by atoms with Crippen molar-refractivity contribution in [1.29, 1.82) is 0 Å². The Bertz CT molecular complexity index is 1270. The molecular weight excluding hydrogens is 461 g/mol. The summed E-state index contributed by atoms with van der Waals surface area (Å²) in [4.78, 5) is 15.1. The monoisotopic (exact) mass is 477 g/mol. The van der Waals surface area contributed by atoms with Crippen LogP contribution in [0, 0.1) is 5.82 Å². The van der Waals surface area contributed by atoms with Crippen LogP contribution in [0.2, 0.25) is 0 Å². The molecule has 154 valence electrons. The highest BCUT2D eigenvalue weighted by molar-refractivity contribution is 9.10. The lowest BCUT2D eigenvalue weighted by Crippen LogP contribution is -2.29. The van der Waals surface area contributed by atoms with Crippen LogP contribution in [-0.4, -0.2) is 23.2 Å². The molecule has 0 unspecified atom stereocenters. The summed E-state index contributed by atoms with van der Waals surface area (Å²) in [6, 6.07) is 20.8. The third kappa shape index (κ3) is 3.31. The zero-order valence-electron chi connectivity index (χ0n) is 16.5. The maximum absolute atomic E-state index is 14.2. The van der Waals surface area contributed by atoms with Gasteiger partial charge in [-0.05, 0) is 66.2 Å². The second-order valence-electron chi connectivity index (χ2n) is 7.20. The van der Waals surface area contributed by atoms with Crippen molar-refractivity contribution in [3.05, 3.63) is 99.9 Å². The van der Waals surface area contributed by atoms with E-state index < -0.39 is 6.04 Å². The van der Waals surface area contributed by atoms with Crippen LogP contribution in [0.25, 0.3) is 11.3 Å². The SMILES string of the molecule is COc1ccc(-c2n[nH]c3c2[C@@H](c2cccc(F)c2)N(c2ccc(Br)cc2)C3=O)cc1. The van der Waals surface area contributed by atoms with Crippen LogP contribution in [0.1, 0.15) is 27.7 Å². The highest BCUT2D eigenvalue weighted by Gasteiger charge is 2.43. The molecule has 1 aliphatic rings. The molecule has 0 radical (unpaired) electrons. The molecule has 5 nitrogen and oxygen atoms in total. The van der Waals surface area contributed by atoms with Gasteiger partial charge in [-0.25, -0.2) is 4.39 Å². The Morgan fingerprint density at radius 3 is 2.48 bits per heavy atom. The van der Waals surface area contributed by atoms with E-state index in [1.807, 2.05) is 54.6 Å². The summed E-state index contributed by atoms with van der Waals surface area (Å²) >= 11 is 3.43. The first kappa shape index (κ1) is 19.5. The average Bonchev–Trinajstić information content (AvgIpc) is 3.33. The van der Waals surface area contributed by atoms with Crippen molar-refractivity contribution in [2.75, 3.05) is 12.0 Å². The van der Waals surface area contributed by atoms with E-state index in [1.54, 1.807) is 18.1 Å². The molecular formula is C24H17BrFN3O2. The quantitative estimate of drug-likeness (QED) is 0.407. The normalized spacial score (nSPS) is 15.3. The minimum Gasteiger partial charge on any atom is -0.497 e. The first-order valence-corrected chi connectivity index (χ1v) is 10.4. The average molecular weight is 478 g/mol. The summed E-state index contributed by atoms with van der Waals surface area (Å²) in [5.41, 5.74) is 4.01. The third-order valence-corrected chi connectivity index (χ3v) is 5.93. The molecule has 3 aromatic carbocycles. The van der Waals surface area contributed by atoms with Gasteiger partial charge in [0.05, 0.1) is 18.8 Å². The van der Waals surface area contributed by atoms with Gasteiger partial charge in [0.25, 0.3) is 5.91 Å². The van der Waals surface area contributed by atoms with Gasteiger partial charge >= 0.3 is 0 Å². The molecule has 2 heterocycles. The number of hydrogen-bond donors (Lipinski definition) is 1. The molecule has 1 N–H and O–H groups in total. The minimum atomic E-state index is -0.518. The van der Waals surface area contributed by atoms with Crippen molar-refractivity contribution in [3.8, 4) is 17.0 Å². The molecule has 0 saturated heterocycles. The summed E-state index contributed by atoms with van der Waals surface area (Å²) in [5, 5.41) is 7.35. The number of anilines is 1. The molecule has 0 spiro atoms. The number of rotatable bonds is 4. The number of halogens is 2. The van der Waals surface area contributed by atoms with Crippen LogP contribution in [0.4, 0.5) is 10.1 Å². The highest BCUT2D eigenvalue weighted by Crippen LogP contribution is 2.45. The van der Waals surface area contributed by atoms with Gasteiger partial charge in [0.2, 0.25) is 0 Å². The number of methoxy groups -OCH3 is 1. The number of benzene rings is 3. The number of amides is 1. The fraction of sp³-hybridized carbons (Fsp3) is 0.0833. The summed E-state index contributed by atoms with van der Waals surface area (Å²) in [5.74, 6) is 0.160. The van der Waals surface area contributed by atoms with Gasteiger partial charge in [-0.1, -0.05) is 28.1 Å². The molecule has 0 fully saturated rings. The molecule has 0 aliphatic carbocycles. The predicted molar refractivity (Wildman–Crippen MR) is 120 cm³/mol. The van der Waals surface area contributed by atoms with Gasteiger partial charge in [0.15, 0.2) is 0 Å². The fourth-order valence-corrected chi connectivity index (χ4v) is 4.24. The lowest BCUT2D eigenvalue weighted by molar-refractivity contribution is 0.0988. The number of hydrogen-bond acceptors (Lipinski definition) is 3. The number of aromatic amines is 1. The standard InChI is InChI=1S/C24H17BrFN3O2/c1-31-19-11-5-14(6-12-19)21-20-22(28-27-21)24(30)29(18-9-7-16(25)8-10-18)23(20)15-3-2-4-17(26)13-15/h2-13,23H,1H3,(H,27,28)/t23-/m1/s1. The Labute approximate surface area is 186 Å². The number of fused-ring (bicyclic) bond motifs is 1. The maximum atomic E-state index is 14.2. The van der Waals surface area contributed by atoms with Crippen LogP contribution in [0.5, 0.6) is 5.75 Å². The first-order chi connectivity index (χ1) is 15.1. The van der Waals surface area contributed by atoms with E-state index in [-0.39, 0.29) is 11.7 Å². The van der Waals surface area contributed by atoms with Crippen molar-refractivity contribution >= 4 is 27.5 Å². The van der Waals surface area contributed by atoms with E-state index in [9.17, 15) is 9.18 Å². The Kier molecular flexibility index (Phi) is 4.82. The second kappa shape index (κ2) is 7.67. The first-order valence-electron chi connectivity index (χ1n) is 9.64. The maximum Gasteiger partial charge on any atom is 0.277 e. The fourth-order valence-electron chi connectivity index (χ4n) is 3.98. The summed E-state index contributed by atoms with van der Waals surface area (Å²) in [6.45, 7) is 0. The number of ether oxygens (including phenoxy) is 1. The van der Waals surface area contributed by atoms with Gasteiger partial charge in [-0.15, -0.1) is 0 Å². The molecule has 5 rings (SSSR count). The van der Waals surface area contributed by atoms with E-state index in [4.69, 9.17) is 4.74 Å². The Balaban J connectivity index is 1.70. The number of nitrogens with zero attached hydrogens (tertiary/aromatic N) is 2. The van der Waals surface area contributed by atoms with Crippen LogP contribution in [0.15, 0.2) is 77.3 Å². The largest absolute Gasteiger partial charge is 0.497 e. The Morgan fingerprint density at radius 1 is 1.06 bits per heavy atom. The molecule has 1 amide bonds. The number of carbonyl (C=O) groups excluding carboxylic acids is 1. The minimum absolute atomic E-state index is 0.209. The lowest BCUT2D eigenvalue weighted by atomic mass is 9.95. The predicted octanol–water partition coefficient (Wildman–Crippen LogP) is 5.74. The Morgan fingerprint density at radius 2 is 1.81 bits per heavy atom. The van der Waals surface area contributed by atoms with E-state index in [0.717, 1.165) is 21.3 Å². The Hall–Kier alpha value is -3.45. The van der Waals surface area contributed by atoms with Crippen LogP contribution in [-0.2, 0) is 0 Å². The van der Waals surface area contributed by atoms with E-state index in [2.05, 4.69) is 26.1 Å². The van der Waals surface area contributed by atoms with Gasteiger partial charge in [-0.3, -0.25) is 14.8 Å². The van der Waals surface area contributed by atoms with E-state index in [0.29, 0.717) is 22.6 Å². The van der Waals surface area contributed by atoms with E-state index >= 15 is 0 Å². The number of carbonyl (C=O) groups is 1. The molecule has 0 saturated carbocycles. The molecule has 1 aromatic heterocycles. The van der Waals surface area contributed by atoms with Crippen molar-refractivity contribution in [3.63, 3.8) is 0 Å². The van der Waals surface area contributed by atoms with Crippen molar-refractivity contribution in [2.24, 2.45) is 0 Å². The van der Waals surface area contributed by atoms with E-state index in [1.165, 1.54) is 12.1 Å². The van der Waals surface area contributed by atoms with Crippen LogP contribution < -0.4 is 9.64 Å². The summed E-state index contributed by atoms with van der Waals surface area (Å²) in [6.07, 6.45) is 0. The van der Waals surface area contributed by atoms with Crippen molar-refractivity contribution in [1.82, 2.24) is 10.2 Å². The molecule has 1 aliphatic heterocycles. The summed E-state index contributed by atoms with van der Waals surface area (Å²) < 4.78 is 20.3. The molecule has 7 heteroatoms. The van der Waals surface area contributed by atoms with Gasteiger partial charge in [0, 0.05) is 21.3 Å². The summed E-state index contributed by atoms with van der Waals surface area (Å²) in [7, 11) is 1.61. The van der Waals surface area contributed by atoms with Gasteiger partial charge in [-0.2, -0.15) is 5.10 Å². The highest BCUT2D eigenvalue weighted by atomic mass is 79.9. The molecule has 1 atom stereocenters. The lowest BCUT2D eigenvalue weighted by Gasteiger charge is -2.26. The zero-order chi connectivity index (χ0) is 21.5. The molecule has 31 heavy (non-hydrogen) atoms. The second-order valence-corrected chi connectivity index (χ2v) is 8.11. The van der Waals surface area contributed by atoms with Crippen LogP contribution >= 0.6 is 15.9 Å². The number of aromatic nitrogens is 2. The molecule has 4 aromatic rings. The van der Waals surface area contributed by atoms with Crippen LogP contribution in [0.3, 0.4) is 0 Å². The smallest absolute Gasteiger partial charge is 0.277 e. The number of H-pyrrole nitrogens is 1. The van der Waals surface area contributed by atoms with Crippen molar-refractivity contribution in [2.45, 2.75) is 6.04 Å². The van der Waals surface area contributed by atoms with Gasteiger partial charge in [0.1, 0.15) is 17.3 Å². The topological polar surface area (TPSA) is 58.2 Å². The van der Waals surface area contributed by atoms with Crippen molar-refractivity contribution < 1.29 is 13.9 Å². The zero-order valence-corrected chi connectivity index (χ0v) is 18.1. The molecule has 0 bridgehead atoms. The van der Waals surface area contributed by atoms with Gasteiger partial charge < -0.3 is 4.74 Å². The number of nitrogens with one attached hydrogen (secondary N) is 1.